The molecular weight excluding hydrogens is 338 g/mol. The molecule has 0 saturated carbocycles. The van der Waals surface area contributed by atoms with Gasteiger partial charge in [0.2, 0.25) is 0 Å². The number of hydrogen-bond acceptors (Lipinski definition) is 3. The maximum absolute atomic E-state index is 12.5. The van der Waals surface area contributed by atoms with Crippen LogP contribution in [0.15, 0.2) is 47.3 Å². The molecule has 0 aliphatic carbocycles. The third kappa shape index (κ3) is 2.94. The number of H-pyrrole nitrogens is 1. The fraction of sp³-hybridized carbons (Fsp3) is 0.0588. The number of pyridine rings is 1. The van der Waals surface area contributed by atoms with Gasteiger partial charge in [0.05, 0.1) is 0 Å². The predicted octanol–water partition coefficient (Wildman–Crippen LogP) is 4.32. The van der Waals surface area contributed by atoms with Gasteiger partial charge in [-0.1, -0.05) is 23.7 Å². The Labute approximate surface area is 139 Å². The Kier molecular flexibility index (Phi) is 4.19. The van der Waals surface area contributed by atoms with Gasteiger partial charge in [-0.05, 0) is 35.9 Å². The first-order valence-electron chi connectivity index (χ1n) is 6.80. The number of nitriles is 1. The Hall–Kier alpha value is -2.91. The first kappa shape index (κ1) is 16.0. The van der Waals surface area contributed by atoms with Gasteiger partial charge in [-0.2, -0.15) is 14.0 Å². The molecule has 3 aromatic rings. The molecule has 2 aromatic carbocycles. The van der Waals surface area contributed by atoms with Crippen LogP contribution in [0.2, 0.25) is 5.02 Å². The molecule has 0 amide bonds. The van der Waals surface area contributed by atoms with E-state index < -0.39 is 12.2 Å². The summed E-state index contributed by atoms with van der Waals surface area (Å²) in [6.45, 7) is -2.99. The third-order valence-electron chi connectivity index (χ3n) is 3.44. The number of aromatic nitrogens is 1. The smallest absolute Gasteiger partial charge is 0.387 e. The second-order valence-corrected chi connectivity index (χ2v) is 5.35. The van der Waals surface area contributed by atoms with E-state index in [4.69, 9.17) is 11.6 Å². The molecule has 0 bridgehead atoms. The van der Waals surface area contributed by atoms with Crippen LogP contribution in [0.1, 0.15) is 5.69 Å². The molecule has 0 atom stereocenters. The predicted molar refractivity (Wildman–Crippen MR) is 86.4 cm³/mol. The van der Waals surface area contributed by atoms with E-state index in [2.05, 4.69) is 9.72 Å². The number of halogens is 3. The fourth-order valence-corrected chi connectivity index (χ4v) is 2.70. The lowest BCUT2D eigenvalue weighted by molar-refractivity contribution is -0.0497. The molecule has 7 heteroatoms. The SMILES string of the molecule is N#Cc1[nH]c(=O)c2ccc(OC(F)F)cc2c1-c1cccc(Cl)c1. The summed E-state index contributed by atoms with van der Waals surface area (Å²) in [5, 5.41) is 10.4. The number of nitrogens with zero attached hydrogens (tertiary/aromatic N) is 1. The van der Waals surface area contributed by atoms with Crippen molar-refractivity contribution < 1.29 is 13.5 Å². The van der Waals surface area contributed by atoms with Gasteiger partial charge in [0.15, 0.2) is 0 Å². The molecule has 0 aliphatic heterocycles. The van der Waals surface area contributed by atoms with Gasteiger partial charge in [0.1, 0.15) is 17.5 Å². The molecule has 1 N–H and O–H groups in total. The zero-order chi connectivity index (χ0) is 17.3. The first-order valence-corrected chi connectivity index (χ1v) is 7.18. The van der Waals surface area contributed by atoms with E-state index in [0.29, 0.717) is 21.5 Å². The summed E-state index contributed by atoms with van der Waals surface area (Å²) in [5.74, 6) is -0.102. The summed E-state index contributed by atoms with van der Waals surface area (Å²) in [5.41, 5.74) is 0.503. The Balaban J connectivity index is 2.38. The quantitative estimate of drug-likeness (QED) is 0.768. The molecule has 0 fully saturated rings. The maximum atomic E-state index is 12.5. The van der Waals surface area contributed by atoms with E-state index in [1.807, 2.05) is 6.07 Å². The first-order chi connectivity index (χ1) is 11.5. The molecule has 0 unspecified atom stereocenters. The van der Waals surface area contributed by atoms with Crippen molar-refractivity contribution in [2.45, 2.75) is 6.61 Å². The van der Waals surface area contributed by atoms with Crippen molar-refractivity contribution in [3.8, 4) is 22.9 Å². The van der Waals surface area contributed by atoms with Crippen molar-refractivity contribution in [2.24, 2.45) is 0 Å². The Morgan fingerprint density at radius 1 is 1.17 bits per heavy atom. The average Bonchev–Trinajstić information content (AvgIpc) is 2.53. The molecule has 1 aromatic heterocycles. The van der Waals surface area contributed by atoms with E-state index in [1.165, 1.54) is 18.2 Å². The molecule has 3 rings (SSSR count). The number of fused-ring (bicyclic) bond motifs is 1. The van der Waals surface area contributed by atoms with Crippen molar-refractivity contribution in [3.05, 3.63) is 63.5 Å². The monoisotopic (exact) mass is 346 g/mol. The Bertz CT molecular complexity index is 1030. The molecule has 24 heavy (non-hydrogen) atoms. The number of ether oxygens (including phenoxy) is 1. The van der Waals surface area contributed by atoms with Crippen LogP contribution in [0.4, 0.5) is 8.78 Å². The van der Waals surface area contributed by atoms with E-state index in [0.717, 1.165) is 0 Å². The van der Waals surface area contributed by atoms with E-state index in [9.17, 15) is 18.8 Å². The second kappa shape index (κ2) is 6.30. The van der Waals surface area contributed by atoms with Gasteiger partial charge in [-0.3, -0.25) is 4.79 Å². The van der Waals surface area contributed by atoms with Crippen LogP contribution in [0.25, 0.3) is 21.9 Å². The molecule has 4 nitrogen and oxygen atoms in total. The molecular formula is C17H9ClF2N2O2. The molecule has 1 heterocycles. The van der Waals surface area contributed by atoms with Gasteiger partial charge in [-0.15, -0.1) is 0 Å². The highest BCUT2D eigenvalue weighted by Gasteiger charge is 2.15. The lowest BCUT2D eigenvalue weighted by Gasteiger charge is -2.11. The van der Waals surface area contributed by atoms with E-state index >= 15 is 0 Å². The lowest BCUT2D eigenvalue weighted by Crippen LogP contribution is -2.10. The molecule has 120 valence electrons. The summed E-state index contributed by atoms with van der Waals surface area (Å²) < 4.78 is 29.3. The second-order valence-electron chi connectivity index (χ2n) is 4.91. The van der Waals surface area contributed by atoms with Crippen LogP contribution in [-0.2, 0) is 0 Å². The molecule has 0 saturated heterocycles. The zero-order valence-electron chi connectivity index (χ0n) is 12.0. The number of aromatic amines is 1. The van der Waals surface area contributed by atoms with Crippen molar-refractivity contribution in [1.82, 2.24) is 4.98 Å². The fourth-order valence-electron chi connectivity index (χ4n) is 2.51. The minimum Gasteiger partial charge on any atom is -0.435 e. The van der Waals surface area contributed by atoms with Gasteiger partial charge < -0.3 is 9.72 Å². The van der Waals surface area contributed by atoms with Crippen LogP contribution in [0.3, 0.4) is 0 Å². The van der Waals surface area contributed by atoms with Crippen LogP contribution < -0.4 is 10.3 Å². The van der Waals surface area contributed by atoms with Crippen LogP contribution in [0, 0.1) is 11.3 Å². The summed E-state index contributed by atoms with van der Waals surface area (Å²) in [7, 11) is 0. The zero-order valence-corrected chi connectivity index (χ0v) is 12.8. The van der Waals surface area contributed by atoms with Crippen LogP contribution in [0.5, 0.6) is 5.75 Å². The Morgan fingerprint density at radius 3 is 2.62 bits per heavy atom. The number of benzene rings is 2. The topological polar surface area (TPSA) is 65.9 Å². The molecule has 0 aliphatic rings. The van der Waals surface area contributed by atoms with Gasteiger partial charge in [0, 0.05) is 21.4 Å². The van der Waals surface area contributed by atoms with Crippen molar-refractivity contribution >= 4 is 22.4 Å². The third-order valence-corrected chi connectivity index (χ3v) is 3.68. The lowest BCUT2D eigenvalue weighted by atomic mass is 9.97. The highest BCUT2D eigenvalue weighted by Crippen LogP contribution is 2.33. The average molecular weight is 347 g/mol. The molecule has 0 spiro atoms. The standard InChI is InChI=1S/C17H9ClF2N2O2/c18-10-3-1-2-9(6-10)15-13-7-11(24-17(19)20)4-5-12(13)16(23)22-14(15)8-21/h1-7,17H,(H,22,23). The van der Waals surface area contributed by atoms with Crippen molar-refractivity contribution in [3.63, 3.8) is 0 Å². The number of alkyl halides is 2. The van der Waals surface area contributed by atoms with E-state index in [1.54, 1.807) is 24.3 Å². The van der Waals surface area contributed by atoms with Crippen LogP contribution in [-0.4, -0.2) is 11.6 Å². The van der Waals surface area contributed by atoms with Gasteiger partial charge >= 0.3 is 6.61 Å². The summed E-state index contributed by atoms with van der Waals surface area (Å²) >= 11 is 5.99. The highest BCUT2D eigenvalue weighted by molar-refractivity contribution is 6.31. The Morgan fingerprint density at radius 2 is 1.96 bits per heavy atom. The summed E-state index contributed by atoms with van der Waals surface area (Å²) in [4.78, 5) is 14.6. The van der Waals surface area contributed by atoms with Gasteiger partial charge in [-0.25, -0.2) is 0 Å². The van der Waals surface area contributed by atoms with E-state index in [-0.39, 0.29) is 16.8 Å². The minimum absolute atomic E-state index is 0.0176. The highest BCUT2D eigenvalue weighted by atomic mass is 35.5. The number of nitrogens with one attached hydrogen (secondary N) is 1. The van der Waals surface area contributed by atoms with Crippen molar-refractivity contribution in [2.75, 3.05) is 0 Å². The molecule has 0 radical (unpaired) electrons. The largest absolute Gasteiger partial charge is 0.435 e. The minimum atomic E-state index is -2.99. The number of rotatable bonds is 3. The van der Waals surface area contributed by atoms with Crippen molar-refractivity contribution in [1.29, 1.82) is 5.26 Å². The normalized spacial score (nSPS) is 10.8. The van der Waals surface area contributed by atoms with Crippen LogP contribution >= 0.6 is 11.6 Å². The number of hydrogen-bond donors (Lipinski definition) is 1. The summed E-state index contributed by atoms with van der Waals surface area (Å²) in [6, 6.07) is 12.6. The van der Waals surface area contributed by atoms with Gasteiger partial charge in [0.25, 0.3) is 5.56 Å². The maximum Gasteiger partial charge on any atom is 0.387 e. The summed E-state index contributed by atoms with van der Waals surface area (Å²) in [6.07, 6.45) is 0.